The van der Waals surface area contributed by atoms with E-state index in [4.69, 9.17) is 16.3 Å². The van der Waals surface area contributed by atoms with Crippen LogP contribution in [0.4, 0.5) is 4.39 Å². The molecule has 1 fully saturated rings. The fourth-order valence-electron chi connectivity index (χ4n) is 3.12. The lowest BCUT2D eigenvalue weighted by atomic mass is 9.99. The summed E-state index contributed by atoms with van der Waals surface area (Å²) in [4.78, 5) is 2.43. The van der Waals surface area contributed by atoms with E-state index in [-0.39, 0.29) is 11.9 Å². The van der Waals surface area contributed by atoms with Crippen molar-refractivity contribution in [2.75, 3.05) is 25.5 Å². The van der Waals surface area contributed by atoms with Crippen LogP contribution in [0.1, 0.15) is 18.4 Å². The summed E-state index contributed by atoms with van der Waals surface area (Å²) in [6.07, 6.45) is 3.42. The molecule has 1 saturated heterocycles. The first-order valence-corrected chi connectivity index (χ1v) is 7.51. The second-order valence-electron chi connectivity index (χ2n) is 5.62. The van der Waals surface area contributed by atoms with E-state index in [1.807, 2.05) is 0 Å². The monoisotopic (exact) mass is 283 g/mol. The summed E-state index contributed by atoms with van der Waals surface area (Å²) in [6.45, 7) is 3.11. The summed E-state index contributed by atoms with van der Waals surface area (Å²) in [5.74, 6) is 2.02. The lowest BCUT2D eigenvalue weighted by Crippen LogP contribution is -2.41. The Bertz CT molecular complexity index is 454. The highest BCUT2D eigenvalue weighted by molar-refractivity contribution is 6.18. The molecule has 2 aliphatic rings. The van der Waals surface area contributed by atoms with Gasteiger partial charge in [-0.3, -0.25) is 4.90 Å². The number of rotatable bonds is 3. The Hall–Kier alpha value is -0.800. The fraction of sp³-hybridized carbons (Fsp3) is 0.600. The maximum Gasteiger partial charge on any atom is 0.123 e. The topological polar surface area (TPSA) is 12.5 Å². The number of nitrogens with zero attached hydrogens (tertiary/aromatic N) is 1. The van der Waals surface area contributed by atoms with Crippen LogP contribution >= 0.6 is 11.6 Å². The van der Waals surface area contributed by atoms with Crippen LogP contribution in [0, 0.1) is 11.7 Å². The Morgan fingerprint density at radius 1 is 1.42 bits per heavy atom. The van der Waals surface area contributed by atoms with E-state index < -0.39 is 0 Å². The Balaban J connectivity index is 1.58. The van der Waals surface area contributed by atoms with E-state index in [9.17, 15) is 4.39 Å². The van der Waals surface area contributed by atoms with E-state index in [1.54, 1.807) is 12.1 Å². The van der Waals surface area contributed by atoms with E-state index in [0.29, 0.717) is 5.92 Å². The van der Waals surface area contributed by atoms with Crippen LogP contribution in [0.25, 0.3) is 0 Å². The minimum atomic E-state index is -0.178. The van der Waals surface area contributed by atoms with Gasteiger partial charge in [-0.05, 0) is 43.5 Å². The van der Waals surface area contributed by atoms with Crippen molar-refractivity contribution in [3.63, 3.8) is 0 Å². The molecular weight excluding hydrogens is 265 g/mol. The average Bonchev–Trinajstić information content (AvgIpc) is 2.80. The molecule has 0 radical (unpaired) electrons. The van der Waals surface area contributed by atoms with Gasteiger partial charge in [0.25, 0.3) is 0 Å². The molecule has 0 aromatic heterocycles. The van der Waals surface area contributed by atoms with Crippen LogP contribution in [-0.4, -0.2) is 36.5 Å². The highest BCUT2D eigenvalue weighted by Crippen LogP contribution is 2.30. The molecule has 2 aliphatic heterocycles. The van der Waals surface area contributed by atoms with Gasteiger partial charge in [-0.25, -0.2) is 4.39 Å². The van der Waals surface area contributed by atoms with E-state index in [1.165, 1.54) is 18.9 Å². The predicted molar refractivity (Wildman–Crippen MR) is 74.4 cm³/mol. The predicted octanol–water partition coefficient (Wildman–Crippen LogP) is 3.08. The molecule has 4 heteroatoms. The van der Waals surface area contributed by atoms with E-state index in [2.05, 4.69) is 4.90 Å². The minimum Gasteiger partial charge on any atom is -0.488 e. The third-order valence-electron chi connectivity index (χ3n) is 4.05. The van der Waals surface area contributed by atoms with Gasteiger partial charge in [0.2, 0.25) is 0 Å². The van der Waals surface area contributed by atoms with Crippen molar-refractivity contribution < 1.29 is 9.13 Å². The van der Waals surface area contributed by atoms with Gasteiger partial charge in [-0.1, -0.05) is 0 Å². The van der Waals surface area contributed by atoms with Crippen LogP contribution in [0.5, 0.6) is 5.75 Å². The number of benzene rings is 1. The molecule has 0 amide bonds. The molecule has 1 aromatic rings. The second kappa shape index (κ2) is 5.68. The number of hydrogen-bond donors (Lipinski definition) is 0. The SMILES string of the molecule is Fc1ccc2c(c1)CC(CN1CCCC(CCl)C1)O2. The van der Waals surface area contributed by atoms with Crippen molar-refractivity contribution in [3.8, 4) is 5.75 Å². The molecule has 2 unspecified atom stereocenters. The van der Waals surface area contributed by atoms with Gasteiger partial charge < -0.3 is 4.74 Å². The zero-order chi connectivity index (χ0) is 13.2. The third kappa shape index (κ3) is 3.03. The molecular formula is C15H19ClFNO. The molecule has 3 rings (SSSR count). The van der Waals surface area contributed by atoms with Crippen LogP contribution < -0.4 is 4.74 Å². The molecule has 2 atom stereocenters. The Morgan fingerprint density at radius 3 is 3.16 bits per heavy atom. The number of likely N-dealkylation sites (tertiary alicyclic amines) is 1. The Morgan fingerprint density at radius 2 is 2.32 bits per heavy atom. The van der Waals surface area contributed by atoms with Crippen LogP contribution in [-0.2, 0) is 6.42 Å². The maximum absolute atomic E-state index is 13.2. The highest BCUT2D eigenvalue weighted by atomic mass is 35.5. The van der Waals surface area contributed by atoms with Gasteiger partial charge in [0, 0.05) is 31.0 Å². The smallest absolute Gasteiger partial charge is 0.123 e. The molecule has 2 heterocycles. The first kappa shape index (κ1) is 13.2. The van der Waals surface area contributed by atoms with Crippen LogP contribution in [0.2, 0.25) is 0 Å². The van der Waals surface area contributed by atoms with Crippen molar-refractivity contribution in [3.05, 3.63) is 29.6 Å². The first-order chi connectivity index (χ1) is 9.24. The summed E-state index contributed by atoms with van der Waals surface area (Å²) in [7, 11) is 0. The lowest BCUT2D eigenvalue weighted by molar-refractivity contribution is 0.116. The largest absolute Gasteiger partial charge is 0.488 e. The van der Waals surface area contributed by atoms with Crippen molar-refractivity contribution >= 4 is 11.6 Å². The van der Waals surface area contributed by atoms with Crippen LogP contribution in [0.15, 0.2) is 18.2 Å². The van der Waals surface area contributed by atoms with Gasteiger partial charge in [0.15, 0.2) is 0 Å². The molecule has 1 aromatic carbocycles. The summed E-state index contributed by atoms with van der Waals surface area (Å²) in [5.41, 5.74) is 0.996. The molecule has 104 valence electrons. The fourth-order valence-corrected chi connectivity index (χ4v) is 3.37. The number of ether oxygens (including phenoxy) is 1. The summed E-state index contributed by atoms with van der Waals surface area (Å²) < 4.78 is 19.1. The summed E-state index contributed by atoms with van der Waals surface area (Å²) in [5, 5.41) is 0. The highest BCUT2D eigenvalue weighted by Gasteiger charge is 2.27. The zero-order valence-electron chi connectivity index (χ0n) is 10.9. The van der Waals surface area contributed by atoms with Crippen molar-refractivity contribution in [2.45, 2.75) is 25.4 Å². The van der Waals surface area contributed by atoms with Crippen molar-refractivity contribution in [1.29, 1.82) is 0 Å². The molecule has 0 saturated carbocycles. The zero-order valence-corrected chi connectivity index (χ0v) is 11.7. The van der Waals surface area contributed by atoms with Crippen LogP contribution in [0.3, 0.4) is 0 Å². The molecule has 0 N–H and O–H groups in total. The maximum atomic E-state index is 13.2. The normalized spacial score (nSPS) is 27.1. The van der Waals surface area contributed by atoms with Gasteiger partial charge >= 0.3 is 0 Å². The molecule has 0 aliphatic carbocycles. The number of hydrogen-bond acceptors (Lipinski definition) is 2. The van der Waals surface area contributed by atoms with Gasteiger partial charge in [-0.15, -0.1) is 11.6 Å². The minimum absolute atomic E-state index is 0.158. The number of halogens is 2. The number of piperidine rings is 1. The lowest BCUT2D eigenvalue weighted by Gasteiger charge is -2.33. The Kier molecular flexibility index (Phi) is 3.94. The van der Waals surface area contributed by atoms with Gasteiger partial charge in [-0.2, -0.15) is 0 Å². The second-order valence-corrected chi connectivity index (χ2v) is 5.93. The van der Waals surface area contributed by atoms with Gasteiger partial charge in [0.05, 0.1) is 0 Å². The van der Waals surface area contributed by atoms with E-state index >= 15 is 0 Å². The Labute approximate surface area is 118 Å². The molecule has 0 spiro atoms. The standard InChI is InChI=1S/C15H19ClFNO/c16-8-11-2-1-5-18(9-11)10-14-7-12-6-13(17)3-4-15(12)19-14/h3-4,6,11,14H,1-2,5,7-10H2. The summed E-state index contributed by atoms with van der Waals surface area (Å²) in [6, 6.07) is 4.79. The molecule has 2 nitrogen and oxygen atoms in total. The first-order valence-electron chi connectivity index (χ1n) is 6.98. The number of fused-ring (bicyclic) bond motifs is 1. The van der Waals surface area contributed by atoms with Crippen molar-refractivity contribution in [1.82, 2.24) is 4.90 Å². The molecule has 0 bridgehead atoms. The molecule has 19 heavy (non-hydrogen) atoms. The van der Waals surface area contributed by atoms with E-state index in [0.717, 1.165) is 43.2 Å². The quantitative estimate of drug-likeness (QED) is 0.791. The third-order valence-corrected chi connectivity index (χ3v) is 4.48. The average molecular weight is 284 g/mol. The number of alkyl halides is 1. The summed E-state index contributed by atoms with van der Waals surface area (Å²) >= 11 is 5.95. The van der Waals surface area contributed by atoms with Crippen molar-refractivity contribution in [2.24, 2.45) is 5.92 Å². The van der Waals surface area contributed by atoms with Gasteiger partial charge in [0.1, 0.15) is 17.7 Å².